The molecule has 2 aromatic rings. The van der Waals surface area contributed by atoms with Crippen LogP contribution in [0.15, 0.2) is 35.4 Å². The molecule has 8 heteroatoms. The Bertz CT molecular complexity index is 705. The van der Waals surface area contributed by atoms with Gasteiger partial charge in [-0.3, -0.25) is 10.1 Å². The quantitative estimate of drug-likeness (QED) is 0.638. The number of nitro groups is 1. The van der Waals surface area contributed by atoms with Crippen molar-refractivity contribution < 1.29 is 13.3 Å². The SMILES string of the molecule is Cc1cnc(CS(=O)(=O)c2ccc([N+](=O)[O-])cc2)s1. The van der Waals surface area contributed by atoms with Crippen molar-refractivity contribution in [2.75, 3.05) is 0 Å². The van der Waals surface area contributed by atoms with E-state index in [4.69, 9.17) is 0 Å². The Morgan fingerprint density at radius 1 is 1.32 bits per heavy atom. The van der Waals surface area contributed by atoms with Crippen molar-refractivity contribution in [2.45, 2.75) is 17.6 Å². The molecule has 1 aromatic heterocycles. The second kappa shape index (κ2) is 5.06. The maximum absolute atomic E-state index is 12.1. The Morgan fingerprint density at radius 2 is 1.95 bits per heavy atom. The van der Waals surface area contributed by atoms with E-state index in [0.717, 1.165) is 4.88 Å². The van der Waals surface area contributed by atoms with Crippen LogP contribution in [0.4, 0.5) is 5.69 Å². The zero-order chi connectivity index (χ0) is 14.0. The van der Waals surface area contributed by atoms with E-state index in [0.29, 0.717) is 5.01 Å². The van der Waals surface area contributed by atoms with Crippen LogP contribution >= 0.6 is 11.3 Å². The van der Waals surface area contributed by atoms with Gasteiger partial charge >= 0.3 is 0 Å². The molecule has 1 aromatic carbocycles. The predicted octanol–water partition coefficient (Wildman–Crippen LogP) is 2.33. The molecule has 0 aliphatic rings. The fraction of sp³-hybridized carbons (Fsp3) is 0.182. The average molecular weight is 298 g/mol. The highest BCUT2D eigenvalue weighted by molar-refractivity contribution is 7.90. The third kappa shape index (κ3) is 3.15. The molecule has 0 amide bonds. The highest BCUT2D eigenvalue weighted by atomic mass is 32.2. The maximum Gasteiger partial charge on any atom is 0.269 e. The first-order chi connectivity index (χ1) is 8.88. The van der Waals surface area contributed by atoms with Crippen molar-refractivity contribution in [1.29, 1.82) is 0 Å². The molecule has 2 rings (SSSR count). The van der Waals surface area contributed by atoms with Gasteiger partial charge in [0.25, 0.3) is 5.69 Å². The third-order valence-corrected chi connectivity index (χ3v) is 5.13. The highest BCUT2D eigenvalue weighted by Crippen LogP contribution is 2.21. The van der Waals surface area contributed by atoms with E-state index in [1.165, 1.54) is 35.6 Å². The van der Waals surface area contributed by atoms with Crippen LogP contribution in [-0.4, -0.2) is 18.3 Å². The first-order valence-electron chi connectivity index (χ1n) is 5.27. The minimum Gasteiger partial charge on any atom is -0.258 e. The molecular weight excluding hydrogens is 288 g/mol. The molecule has 19 heavy (non-hydrogen) atoms. The third-order valence-electron chi connectivity index (χ3n) is 2.39. The van der Waals surface area contributed by atoms with Crippen molar-refractivity contribution in [1.82, 2.24) is 4.98 Å². The Labute approximate surface area is 113 Å². The number of rotatable bonds is 4. The van der Waals surface area contributed by atoms with Crippen molar-refractivity contribution in [2.24, 2.45) is 0 Å². The van der Waals surface area contributed by atoms with Crippen LogP contribution in [0, 0.1) is 17.0 Å². The summed E-state index contributed by atoms with van der Waals surface area (Å²) in [4.78, 5) is 14.9. The number of benzene rings is 1. The molecule has 0 N–H and O–H groups in total. The molecule has 0 radical (unpaired) electrons. The molecule has 0 aliphatic carbocycles. The lowest BCUT2D eigenvalue weighted by molar-refractivity contribution is -0.384. The standard InChI is InChI=1S/C11H10N2O4S2/c1-8-6-12-11(18-8)7-19(16,17)10-4-2-9(3-5-10)13(14)15/h2-6H,7H2,1H3. The van der Waals surface area contributed by atoms with Gasteiger partial charge in [-0.15, -0.1) is 11.3 Å². The summed E-state index contributed by atoms with van der Waals surface area (Å²) in [5.74, 6) is -0.191. The van der Waals surface area contributed by atoms with Gasteiger partial charge in [0, 0.05) is 23.2 Å². The minimum atomic E-state index is -3.52. The van der Waals surface area contributed by atoms with E-state index in [-0.39, 0.29) is 16.3 Å². The van der Waals surface area contributed by atoms with Crippen LogP contribution < -0.4 is 0 Å². The Balaban J connectivity index is 2.26. The Kier molecular flexibility index (Phi) is 3.63. The molecule has 0 saturated heterocycles. The lowest BCUT2D eigenvalue weighted by Gasteiger charge is -2.01. The molecule has 0 atom stereocenters. The zero-order valence-electron chi connectivity index (χ0n) is 9.94. The number of aromatic nitrogens is 1. The van der Waals surface area contributed by atoms with E-state index in [2.05, 4.69) is 4.98 Å². The van der Waals surface area contributed by atoms with Crippen LogP contribution in [0.1, 0.15) is 9.88 Å². The average Bonchev–Trinajstić information content (AvgIpc) is 2.74. The molecule has 0 spiro atoms. The monoisotopic (exact) mass is 298 g/mol. The lowest BCUT2D eigenvalue weighted by Crippen LogP contribution is -2.04. The molecule has 0 unspecified atom stereocenters. The molecule has 0 saturated carbocycles. The molecule has 1 heterocycles. The van der Waals surface area contributed by atoms with Gasteiger partial charge in [-0.1, -0.05) is 0 Å². The number of thiazole rings is 1. The van der Waals surface area contributed by atoms with Crippen molar-refractivity contribution in [3.63, 3.8) is 0 Å². The van der Waals surface area contributed by atoms with Crippen LogP contribution in [0.3, 0.4) is 0 Å². The predicted molar refractivity (Wildman–Crippen MR) is 70.8 cm³/mol. The summed E-state index contributed by atoms with van der Waals surface area (Å²) >= 11 is 1.32. The van der Waals surface area contributed by atoms with Gasteiger partial charge in [-0.05, 0) is 19.1 Å². The number of non-ortho nitro benzene ring substituents is 1. The van der Waals surface area contributed by atoms with Crippen LogP contribution in [0.25, 0.3) is 0 Å². The summed E-state index contributed by atoms with van der Waals surface area (Å²) in [5.41, 5.74) is -0.135. The Morgan fingerprint density at radius 3 is 2.42 bits per heavy atom. The smallest absolute Gasteiger partial charge is 0.258 e. The van der Waals surface area contributed by atoms with E-state index < -0.39 is 14.8 Å². The normalized spacial score (nSPS) is 11.4. The Hall–Kier alpha value is -1.80. The molecule has 0 bridgehead atoms. The molecule has 100 valence electrons. The summed E-state index contributed by atoms with van der Waals surface area (Å²) in [6.45, 7) is 1.85. The number of nitrogens with zero attached hydrogens (tertiary/aromatic N) is 2. The van der Waals surface area contributed by atoms with Crippen LogP contribution in [0.5, 0.6) is 0 Å². The topological polar surface area (TPSA) is 90.2 Å². The number of aryl methyl sites for hydroxylation is 1. The van der Waals surface area contributed by atoms with Crippen molar-refractivity contribution >= 4 is 26.9 Å². The second-order valence-electron chi connectivity index (χ2n) is 3.87. The summed E-state index contributed by atoms with van der Waals surface area (Å²) in [7, 11) is -3.52. The maximum atomic E-state index is 12.1. The van der Waals surface area contributed by atoms with Gasteiger partial charge in [0.1, 0.15) is 10.8 Å². The van der Waals surface area contributed by atoms with Gasteiger partial charge in [0.2, 0.25) is 0 Å². The van der Waals surface area contributed by atoms with Gasteiger partial charge in [0.15, 0.2) is 9.84 Å². The van der Waals surface area contributed by atoms with E-state index in [9.17, 15) is 18.5 Å². The van der Waals surface area contributed by atoms with E-state index in [1.807, 2.05) is 6.92 Å². The summed E-state index contributed by atoms with van der Waals surface area (Å²) in [6, 6.07) is 4.85. The summed E-state index contributed by atoms with van der Waals surface area (Å²) in [5, 5.41) is 11.0. The number of nitro benzene ring substituents is 1. The first kappa shape index (κ1) is 13.6. The summed E-state index contributed by atoms with van der Waals surface area (Å²) in [6.07, 6.45) is 1.62. The number of hydrogen-bond donors (Lipinski definition) is 0. The first-order valence-corrected chi connectivity index (χ1v) is 7.74. The van der Waals surface area contributed by atoms with Crippen LogP contribution in [0.2, 0.25) is 0 Å². The lowest BCUT2D eigenvalue weighted by atomic mass is 10.3. The fourth-order valence-electron chi connectivity index (χ4n) is 1.49. The van der Waals surface area contributed by atoms with Crippen molar-refractivity contribution in [3.05, 3.63) is 50.5 Å². The molecule has 0 aliphatic heterocycles. The van der Waals surface area contributed by atoms with Gasteiger partial charge in [-0.25, -0.2) is 13.4 Å². The van der Waals surface area contributed by atoms with E-state index >= 15 is 0 Å². The second-order valence-corrected chi connectivity index (χ2v) is 7.18. The number of hydrogen-bond acceptors (Lipinski definition) is 6. The van der Waals surface area contributed by atoms with Gasteiger partial charge in [0.05, 0.1) is 9.82 Å². The largest absolute Gasteiger partial charge is 0.269 e. The molecular formula is C11H10N2O4S2. The summed E-state index contributed by atoms with van der Waals surface area (Å²) < 4.78 is 24.2. The van der Waals surface area contributed by atoms with E-state index in [1.54, 1.807) is 6.20 Å². The van der Waals surface area contributed by atoms with Crippen molar-refractivity contribution in [3.8, 4) is 0 Å². The number of sulfone groups is 1. The molecule has 0 fully saturated rings. The van der Waals surface area contributed by atoms with Gasteiger partial charge < -0.3 is 0 Å². The van der Waals surface area contributed by atoms with Crippen LogP contribution in [-0.2, 0) is 15.6 Å². The molecule has 6 nitrogen and oxygen atoms in total. The minimum absolute atomic E-state index is 0.0611. The van der Waals surface area contributed by atoms with Gasteiger partial charge in [-0.2, -0.15) is 0 Å². The fourth-order valence-corrected chi connectivity index (χ4v) is 3.89. The zero-order valence-corrected chi connectivity index (χ0v) is 11.6. The highest BCUT2D eigenvalue weighted by Gasteiger charge is 2.18.